The van der Waals surface area contributed by atoms with Crippen molar-refractivity contribution < 1.29 is 4.79 Å². The molecule has 1 amide bonds. The predicted molar refractivity (Wildman–Crippen MR) is 67.1 cm³/mol. The molecule has 0 spiro atoms. The molecule has 0 saturated heterocycles. The van der Waals surface area contributed by atoms with E-state index >= 15 is 0 Å². The molecule has 92 valence electrons. The molecule has 0 saturated carbocycles. The molecule has 2 atom stereocenters. The van der Waals surface area contributed by atoms with E-state index in [2.05, 4.69) is 33.0 Å². The highest BCUT2D eigenvalue weighted by atomic mass is 35.5. The Kier molecular flexibility index (Phi) is 9.07. The van der Waals surface area contributed by atoms with Crippen molar-refractivity contribution in [1.82, 2.24) is 5.32 Å². The Morgan fingerprint density at radius 2 is 1.67 bits per heavy atom. The molecule has 0 rings (SSSR count). The minimum atomic E-state index is -0.365. The number of nitrogens with two attached hydrogens (primary N) is 1. The van der Waals surface area contributed by atoms with Crippen molar-refractivity contribution in [3.05, 3.63) is 0 Å². The zero-order valence-corrected chi connectivity index (χ0v) is 11.2. The van der Waals surface area contributed by atoms with Gasteiger partial charge in [-0.05, 0) is 25.2 Å². The second kappa shape index (κ2) is 7.94. The Morgan fingerprint density at radius 1 is 1.20 bits per heavy atom. The molecule has 0 aliphatic rings. The van der Waals surface area contributed by atoms with Gasteiger partial charge in [-0.15, -0.1) is 12.4 Å². The average Bonchev–Trinajstić information content (AvgIpc) is 2.02. The van der Waals surface area contributed by atoms with Gasteiger partial charge < -0.3 is 11.1 Å². The van der Waals surface area contributed by atoms with Crippen LogP contribution in [0.15, 0.2) is 0 Å². The molecule has 1 unspecified atom stereocenters. The second-order valence-electron chi connectivity index (χ2n) is 4.78. The van der Waals surface area contributed by atoms with E-state index in [1.54, 1.807) is 0 Å². The Bertz CT molecular complexity index is 183. The van der Waals surface area contributed by atoms with Gasteiger partial charge in [-0.25, -0.2) is 0 Å². The molecule has 0 aliphatic carbocycles. The van der Waals surface area contributed by atoms with Crippen LogP contribution in [-0.4, -0.2) is 18.0 Å². The highest BCUT2D eigenvalue weighted by Crippen LogP contribution is 2.04. The summed E-state index contributed by atoms with van der Waals surface area (Å²) < 4.78 is 0. The third-order valence-corrected chi connectivity index (χ3v) is 2.43. The fraction of sp³-hybridized carbons (Fsp3) is 0.909. The van der Waals surface area contributed by atoms with Crippen molar-refractivity contribution in [2.45, 2.75) is 53.1 Å². The SMILES string of the molecule is CC(C)C[C@H](N)C(=O)NC(C)C(C)C.Cl. The van der Waals surface area contributed by atoms with Crippen LogP contribution >= 0.6 is 12.4 Å². The van der Waals surface area contributed by atoms with Gasteiger partial charge in [0, 0.05) is 6.04 Å². The van der Waals surface area contributed by atoms with Crippen LogP contribution in [0.4, 0.5) is 0 Å². The topological polar surface area (TPSA) is 55.1 Å². The molecule has 0 fully saturated rings. The van der Waals surface area contributed by atoms with E-state index in [1.165, 1.54) is 0 Å². The van der Waals surface area contributed by atoms with Crippen LogP contribution in [-0.2, 0) is 4.79 Å². The maximum atomic E-state index is 11.6. The van der Waals surface area contributed by atoms with Gasteiger partial charge in [-0.2, -0.15) is 0 Å². The number of rotatable bonds is 5. The van der Waals surface area contributed by atoms with Gasteiger partial charge in [0.05, 0.1) is 6.04 Å². The summed E-state index contributed by atoms with van der Waals surface area (Å²) in [5.74, 6) is 0.884. The van der Waals surface area contributed by atoms with Gasteiger partial charge in [0.2, 0.25) is 5.91 Å². The zero-order chi connectivity index (χ0) is 11.3. The predicted octanol–water partition coefficient (Wildman–Crippen LogP) is 1.94. The Labute approximate surface area is 99.6 Å². The lowest BCUT2D eigenvalue weighted by Crippen LogP contribution is -2.46. The number of nitrogens with one attached hydrogen (secondary N) is 1. The molecule has 0 aromatic rings. The van der Waals surface area contributed by atoms with E-state index in [0.717, 1.165) is 6.42 Å². The fourth-order valence-corrected chi connectivity index (χ4v) is 1.11. The molecule has 0 aliphatic heterocycles. The Morgan fingerprint density at radius 3 is 2.00 bits per heavy atom. The van der Waals surface area contributed by atoms with Crippen LogP contribution in [0.3, 0.4) is 0 Å². The van der Waals surface area contributed by atoms with Crippen LogP contribution in [0.1, 0.15) is 41.0 Å². The number of hydrogen-bond donors (Lipinski definition) is 2. The largest absolute Gasteiger partial charge is 0.352 e. The van der Waals surface area contributed by atoms with E-state index in [9.17, 15) is 4.79 Å². The minimum Gasteiger partial charge on any atom is -0.352 e. The summed E-state index contributed by atoms with van der Waals surface area (Å²) in [6.07, 6.45) is 0.747. The molecule has 15 heavy (non-hydrogen) atoms. The van der Waals surface area contributed by atoms with Crippen molar-refractivity contribution >= 4 is 18.3 Å². The van der Waals surface area contributed by atoms with Crippen LogP contribution in [0.5, 0.6) is 0 Å². The summed E-state index contributed by atoms with van der Waals surface area (Å²) in [5.41, 5.74) is 5.75. The first-order chi connectivity index (χ1) is 6.34. The molecule has 3 N–H and O–H groups in total. The summed E-state index contributed by atoms with van der Waals surface area (Å²) in [7, 11) is 0. The van der Waals surface area contributed by atoms with Gasteiger partial charge in [0.15, 0.2) is 0 Å². The lowest BCUT2D eigenvalue weighted by Gasteiger charge is -2.21. The smallest absolute Gasteiger partial charge is 0.237 e. The number of carbonyl (C=O) groups is 1. The molecule has 0 bridgehead atoms. The van der Waals surface area contributed by atoms with E-state index in [0.29, 0.717) is 11.8 Å². The molecule has 4 heteroatoms. The summed E-state index contributed by atoms with van der Waals surface area (Å²) in [5, 5.41) is 2.92. The maximum absolute atomic E-state index is 11.6. The number of hydrogen-bond acceptors (Lipinski definition) is 2. The molecule has 3 nitrogen and oxygen atoms in total. The van der Waals surface area contributed by atoms with Gasteiger partial charge in [0.1, 0.15) is 0 Å². The van der Waals surface area contributed by atoms with Crippen LogP contribution in [0.2, 0.25) is 0 Å². The highest BCUT2D eigenvalue weighted by molar-refractivity contribution is 5.85. The Hall–Kier alpha value is -0.280. The maximum Gasteiger partial charge on any atom is 0.237 e. The van der Waals surface area contributed by atoms with E-state index in [4.69, 9.17) is 5.73 Å². The van der Waals surface area contributed by atoms with Crippen LogP contribution < -0.4 is 11.1 Å². The van der Waals surface area contributed by atoms with E-state index in [1.807, 2.05) is 6.92 Å². The summed E-state index contributed by atoms with van der Waals surface area (Å²) in [6.45, 7) is 10.3. The summed E-state index contributed by atoms with van der Waals surface area (Å²) >= 11 is 0. The first-order valence-corrected chi connectivity index (χ1v) is 5.40. The standard InChI is InChI=1S/C11H24N2O.ClH/c1-7(2)6-10(12)11(14)13-9(5)8(3)4;/h7-10H,6,12H2,1-5H3,(H,13,14);1H/t9?,10-;/m0./s1. The van der Waals surface area contributed by atoms with E-state index in [-0.39, 0.29) is 30.4 Å². The monoisotopic (exact) mass is 236 g/mol. The van der Waals surface area contributed by atoms with Crippen LogP contribution in [0.25, 0.3) is 0 Å². The number of amides is 1. The normalized spacial score (nSPS) is 14.7. The van der Waals surface area contributed by atoms with Gasteiger partial charge >= 0.3 is 0 Å². The lowest BCUT2D eigenvalue weighted by atomic mass is 10.0. The first kappa shape index (κ1) is 17.1. The average molecular weight is 237 g/mol. The van der Waals surface area contributed by atoms with Crippen LogP contribution in [0, 0.1) is 11.8 Å². The number of halogens is 1. The van der Waals surface area contributed by atoms with Crippen molar-refractivity contribution in [1.29, 1.82) is 0 Å². The molecular weight excluding hydrogens is 212 g/mol. The van der Waals surface area contributed by atoms with Crippen molar-refractivity contribution in [3.63, 3.8) is 0 Å². The summed E-state index contributed by atoms with van der Waals surface area (Å²) in [4.78, 5) is 11.6. The van der Waals surface area contributed by atoms with Crippen molar-refractivity contribution in [2.24, 2.45) is 17.6 Å². The quantitative estimate of drug-likeness (QED) is 0.767. The molecule has 0 radical (unpaired) electrons. The Balaban J connectivity index is 0. The molecule has 0 aromatic carbocycles. The summed E-state index contributed by atoms with van der Waals surface area (Å²) in [6, 6.07) is -0.170. The number of carbonyl (C=O) groups excluding carboxylic acids is 1. The lowest BCUT2D eigenvalue weighted by molar-refractivity contribution is -0.123. The minimum absolute atomic E-state index is 0. The van der Waals surface area contributed by atoms with Crippen molar-refractivity contribution in [3.8, 4) is 0 Å². The molecule has 0 heterocycles. The van der Waals surface area contributed by atoms with E-state index < -0.39 is 0 Å². The van der Waals surface area contributed by atoms with Gasteiger partial charge in [-0.1, -0.05) is 27.7 Å². The van der Waals surface area contributed by atoms with Crippen molar-refractivity contribution in [2.75, 3.05) is 0 Å². The van der Waals surface area contributed by atoms with Gasteiger partial charge in [0.25, 0.3) is 0 Å². The zero-order valence-electron chi connectivity index (χ0n) is 10.4. The fourth-order valence-electron chi connectivity index (χ4n) is 1.11. The first-order valence-electron chi connectivity index (χ1n) is 5.40. The molecule has 0 aromatic heterocycles. The van der Waals surface area contributed by atoms with Gasteiger partial charge in [-0.3, -0.25) is 4.79 Å². The second-order valence-corrected chi connectivity index (χ2v) is 4.78. The third-order valence-electron chi connectivity index (χ3n) is 2.43. The highest BCUT2D eigenvalue weighted by Gasteiger charge is 2.17. The third kappa shape index (κ3) is 7.63. The molecular formula is C11H25ClN2O.